The van der Waals surface area contributed by atoms with Crippen molar-refractivity contribution in [2.45, 2.75) is 89.8 Å². The van der Waals surface area contributed by atoms with E-state index in [0.717, 1.165) is 31.5 Å². The number of hydrogen-bond donors (Lipinski definition) is 3. The van der Waals surface area contributed by atoms with Gasteiger partial charge in [-0.15, -0.1) is 0 Å². The third-order valence-electron chi connectivity index (χ3n) is 9.18. The Kier molecular flexibility index (Phi) is 9.88. The Morgan fingerprint density at radius 3 is 2.30 bits per heavy atom. The van der Waals surface area contributed by atoms with E-state index in [2.05, 4.69) is 16.0 Å². The molecule has 1 aliphatic carbocycles. The lowest BCUT2D eigenvalue weighted by molar-refractivity contribution is -0.140. The van der Waals surface area contributed by atoms with Gasteiger partial charge < -0.3 is 20.9 Å². The number of nitrogens with zero attached hydrogens (tertiary/aromatic N) is 2. The summed E-state index contributed by atoms with van der Waals surface area (Å²) in [6.07, 6.45) is 7.50. The summed E-state index contributed by atoms with van der Waals surface area (Å²) in [6, 6.07) is 5.00. The van der Waals surface area contributed by atoms with Gasteiger partial charge in [-0.25, -0.2) is 4.39 Å². The first-order chi connectivity index (χ1) is 19.0. The lowest BCUT2D eigenvalue weighted by atomic mass is 9.69. The molecule has 3 aliphatic rings. The van der Waals surface area contributed by atoms with Crippen molar-refractivity contribution in [3.8, 4) is 0 Å². The van der Waals surface area contributed by atoms with Crippen LogP contribution in [0.2, 0.25) is 0 Å². The highest BCUT2D eigenvalue weighted by atomic mass is 19.1. The zero-order chi connectivity index (χ0) is 28.9. The van der Waals surface area contributed by atoms with Gasteiger partial charge in [0.25, 0.3) is 0 Å². The Hall–Kier alpha value is -2.52. The molecule has 3 fully saturated rings. The van der Waals surface area contributed by atoms with E-state index in [-0.39, 0.29) is 35.1 Å². The molecule has 9 heteroatoms. The molecule has 3 amide bonds. The van der Waals surface area contributed by atoms with Crippen LogP contribution in [-0.2, 0) is 20.8 Å². The first-order valence-corrected chi connectivity index (χ1v) is 15.1. The second-order valence-corrected chi connectivity index (χ2v) is 13.1. The molecule has 2 atom stereocenters. The van der Waals surface area contributed by atoms with E-state index in [1.54, 1.807) is 12.1 Å². The number of rotatable bonds is 7. The summed E-state index contributed by atoms with van der Waals surface area (Å²) in [5.74, 6) is -0.166. The van der Waals surface area contributed by atoms with Gasteiger partial charge in [-0.05, 0) is 56.3 Å². The number of nitrogens with one attached hydrogen (secondary N) is 3. The van der Waals surface area contributed by atoms with Crippen LogP contribution in [0.4, 0.5) is 4.39 Å². The maximum absolute atomic E-state index is 14.0. The molecular formula is C31H48FN5O3. The Morgan fingerprint density at radius 2 is 1.70 bits per heavy atom. The number of piperidine rings is 1. The van der Waals surface area contributed by atoms with Crippen LogP contribution < -0.4 is 16.0 Å². The van der Waals surface area contributed by atoms with E-state index in [0.29, 0.717) is 44.8 Å². The Balaban J connectivity index is 1.50. The fourth-order valence-corrected chi connectivity index (χ4v) is 6.47. The minimum atomic E-state index is -0.750. The van der Waals surface area contributed by atoms with Crippen LogP contribution in [0.3, 0.4) is 0 Å². The number of likely N-dealkylation sites (N-methyl/N-ethyl adjacent to an activating group) is 1. The number of likely N-dealkylation sites (tertiary alicyclic amines) is 1. The van der Waals surface area contributed by atoms with Gasteiger partial charge in [0, 0.05) is 50.1 Å². The molecule has 40 heavy (non-hydrogen) atoms. The monoisotopic (exact) mass is 557 g/mol. The second-order valence-electron chi connectivity index (χ2n) is 13.1. The number of halogens is 1. The van der Waals surface area contributed by atoms with E-state index in [1.807, 2.05) is 37.6 Å². The van der Waals surface area contributed by atoms with Gasteiger partial charge in [0.05, 0.1) is 0 Å². The van der Waals surface area contributed by atoms with Crippen molar-refractivity contribution >= 4 is 17.7 Å². The van der Waals surface area contributed by atoms with Crippen LogP contribution in [0.15, 0.2) is 24.3 Å². The fourth-order valence-electron chi connectivity index (χ4n) is 6.47. The van der Waals surface area contributed by atoms with E-state index < -0.39 is 11.5 Å². The number of carbonyl (C=O) groups excluding carboxylic acids is 3. The van der Waals surface area contributed by atoms with Gasteiger partial charge in [-0.1, -0.05) is 52.2 Å². The molecule has 4 rings (SSSR count). The predicted octanol–water partition coefficient (Wildman–Crippen LogP) is 2.86. The van der Waals surface area contributed by atoms with Crippen LogP contribution in [-0.4, -0.2) is 84.9 Å². The normalized spacial score (nSPS) is 23.3. The minimum Gasteiger partial charge on any atom is -0.350 e. The summed E-state index contributed by atoms with van der Waals surface area (Å²) in [5, 5.41) is 9.76. The van der Waals surface area contributed by atoms with Gasteiger partial charge >= 0.3 is 0 Å². The van der Waals surface area contributed by atoms with Crippen LogP contribution in [0.25, 0.3) is 0 Å². The van der Waals surface area contributed by atoms with Crippen molar-refractivity contribution in [3.63, 3.8) is 0 Å². The molecule has 8 nitrogen and oxygen atoms in total. The highest BCUT2D eigenvalue weighted by Crippen LogP contribution is 2.40. The first kappa shape index (κ1) is 30.4. The standard InChI is InChI=1S/C31H48FN5O3/c1-30(2,3)29(40)35-31(23-8-6-5-7-9-23)14-17-37(18-15-31)28(39)25(20-22-10-12-24(32)13-11-22)34-27(38)26-21-33-16-19-36(26)4/h10-13,23,25-26,33H,5-9,14-21H2,1-4H3,(H,34,38)(H,35,40)/t25-,26+/m1/s1. The number of piperazine rings is 1. The molecule has 3 N–H and O–H groups in total. The van der Waals surface area contributed by atoms with Crippen LogP contribution in [0, 0.1) is 17.2 Å². The van der Waals surface area contributed by atoms with Crippen LogP contribution >= 0.6 is 0 Å². The summed E-state index contributed by atoms with van der Waals surface area (Å²) < 4.78 is 13.6. The first-order valence-electron chi connectivity index (χ1n) is 15.1. The molecule has 2 saturated heterocycles. The number of amides is 3. The lowest BCUT2D eigenvalue weighted by Gasteiger charge is -2.49. The van der Waals surface area contributed by atoms with Gasteiger partial charge in [-0.3, -0.25) is 19.3 Å². The Bertz CT molecular complexity index is 1030. The molecular weight excluding hydrogens is 509 g/mol. The summed E-state index contributed by atoms with van der Waals surface area (Å²) in [4.78, 5) is 44.3. The molecule has 1 saturated carbocycles. The van der Waals surface area contributed by atoms with Crippen molar-refractivity contribution in [2.24, 2.45) is 11.3 Å². The fraction of sp³-hybridized carbons (Fsp3) is 0.710. The molecule has 1 aromatic carbocycles. The molecule has 0 radical (unpaired) electrons. The maximum atomic E-state index is 14.0. The number of hydrogen-bond acceptors (Lipinski definition) is 5. The van der Waals surface area contributed by atoms with Crippen LogP contribution in [0.5, 0.6) is 0 Å². The molecule has 0 bridgehead atoms. The molecule has 2 aliphatic heterocycles. The third-order valence-corrected chi connectivity index (χ3v) is 9.18. The van der Waals surface area contributed by atoms with Crippen molar-refractivity contribution in [1.29, 1.82) is 0 Å². The van der Waals surface area contributed by atoms with Gasteiger partial charge in [0.15, 0.2) is 0 Å². The summed E-state index contributed by atoms with van der Waals surface area (Å²) in [5.41, 5.74) is -0.00483. The molecule has 0 spiro atoms. The van der Waals surface area contributed by atoms with Crippen molar-refractivity contribution in [3.05, 3.63) is 35.6 Å². The Labute approximate surface area is 238 Å². The average molecular weight is 558 g/mol. The summed E-state index contributed by atoms with van der Waals surface area (Å²) >= 11 is 0. The number of benzene rings is 1. The third kappa shape index (κ3) is 7.40. The van der Waals surface area contributed by atoms with E-state index in [4.69, 9.17) is 0 Å². The SMILES string of the molecule is CN1CCNC[C@H]1C(=O)N[C@H](Cc1ccc(F)cc1)C(=O)N1CCC(NC(=O)C(C)(C)C)(C2CCCCC2)CC1. The largest absolute Gasteiger partial charge is 0.350 e. The molecule has 1 aromatic rings. The van der Waals surface area contributed by atoms with Gasteiger partial charge in [-0.2, -0.15) is 0 Å². The maximum Gasteiger partial charge on any atom is 0.245 e. The smallest absolute Gasteiger partial charge is 0.245 e. The highest BCUT2D eigenvalue weighted by molar-refractivity contribution is 5.90. The zero-order valence-corrected chi connectivity index (χ0v) is 24.7. The van der Waals surface area contributed by atoms with E-state index in [1.165, 1.54) is 31.4 Å². The average Bonchev–Trinajstić information content (AvgIpc) is 2.94. The van der Waals surface area contributed by atoms with E-state index in [9.17, 15) is 18.8 Å². The topological polar surface area (TPSA) is 93.8 Å². The second kappa shape index (κ2) is 13.0. The molecule has 0 aromatic heterocycles. The van der Waals surface area contributed by atoms with Gasteiger partial charge in [0.2, 0.25) is 17.7 Å². The molecule has 2 heterocycles. The van der Waals surface area contributed by atoms with Crippen molar-refractivity contribution in [1.82, 2.24) is 25.8 Å². The van der Waals surface area contributed by atoms with E-state index >= 15 is 0 Å². The summed E-state index contributed by atoms with van der Waals surface area (Å²) in [7, 11) is 1.92. The quantitative estimate of drug-likeness (QED) is 0.480. The van der Waals surface area contributed by atoms with Crippen LogP contribution in [0.1, 0.15) is 71.3 Å². The molecule has 222 valence electrons. The highest BCUT2D eigenvalue weighted by Gasteiger charge is 2.45. The number of carbonyl (C=O) groups is 3. The van der Waals surface area contributed by atoms with Crippen molar-refractivity contribution < 1.29 is 18.8 Å². The van der Waals surface area contributed by atoms with Gasteiger partial charge in [0.1, 0.15) is 17.9 Å². The summed E-state index contributed by atoms with van der Waals surface area (Å²) in [6.45, 7) is 8.99. The zero-order valence-electron chi connectivity index (χ0n) is 24.7. The molecule has 0 unspecified atom stereocenters. The Morgan fingerprint density at radius 1 is 1.05 bits per heavy atom. The minimum absolute atomic E-state index is 0.0597. The lowest BCUT2D eigenvalue weighted by Crippen LogP contribution is -2.64. The van der Waals surface area contributed by atoms with Crippen molar-refractivity contribution in [2.75, 3.05) is 39.8 Å². The predicted molar refractivity (Wildman–Crippen MR) is 154 cm³/mol.